The van der Waals surface area contributed by atoms with E-state index in [4.69, 9.17) is 29.4 Å². The normalized spacial score (nSPS) is 12.3. The van der Waals surface area contributed by atoms with Crippen LogP contribution in [0.15, 0.2) is 303 Å². The molecule has 592 valence electrons. The first-order valence-electron chi connectivity index (χ1n) is 42.8. The molecule has 8 bridgehead atoms. The molecule has 2 aliphatic heterocycles. The van der Waals surface area contributed by atoms with Crippen molar-refractivity contribution in [2.75, 3.05) is 9.80 Å². The van der Waals surface area contributed by atoms with Crippen molar-refractivity contribution in [2.24, 2.45) is 0 Å². The summed E-state index contributed by atoms with van der Waals surface area (Å²) in [5, 5.41) is 12.2. The minimum absolute atomic E-state index is 0. The first kappa shape index (κ1) is 78.4. The summed E-state index contributed by atoms with van der Waals surface area (Å²) in [6.45, 7) is 19.5. The fraction of sp³-hybridized carbons (Fsp3) is 0.171. The Bertz CT molecular complexity index is 6890. The van der Waals surface area contributed by atoms with E-state index in [0.717, 1.165) is 169 Å². The molecule has 8 nitrogen and oxygen atoms in total. The Kier molecular flexibility index (Phi) is 22.2. The van der Waals surface area contributed by atoms with Crippen LogP contribution in [0.1, 0.15) is 143 Å². The van der Waals surface area contributed by atoms with Crippen molar-refractivity contribution in [3.05, 3.63) is 365 Å². The predicted molar refractivity (Wildman–Crippen MR) is 501 cm³/mol. The van der Waals surface area contributed by atoms with Gasteiger partial charge in [-0.15, -0.1) is 22.1 Å². The fourth-order valence-electron chi connectivity index (χ4n) is 19.2. The topological polar surface area (TPSA) is 78.9 Å². The molecule has 0 saturated heterocycles. The van der Waals surface area contributed by atoms with Crippen LogP contribution in [0.2, 0.25) is 0 Å². The van der Waals surface area contributed by atoms with Gasteiger partial charge in [0.25, 0.3) is 0 Å². The number of aromatic nitrogens is 4. The third-order valence-corrected chi connectivity index (χ3v) is 24.8. The molecule has 0 fully saturated rings. The van der Waals surface area contributed by atoms with Crippen LogP contribution in [-0.4, -0.2) is 9.97 Å². The zero-order valence-electron chi connectivity index (χ0n) is 69.5. The summed E-state index contributed by atoms with van der Waals surface area (Å²) >= 11 is 0. The SMILES string of the molecule is CCC1=C(CC)c2cc3[n-]c(c(CC)c3CC)c(-c3ccc(OCc4ccc(N(c5ccccc5)c5cc6ccc(N(c7ccccc7)c7ccc(COCc8ccc(-c9c%10ccccc%10c(-c%10ccccc%10)c%10ccccc9%10)cc8)cc7)c7ccc8cccc5c8c67)cc4)cc3)c3nc(cc4[n-]c(cc1n2)c(CC)c4CC)C(CC)=C3CC.[Pd+2]. The van der Waals surface area contributed by atoms with E-state index >= 15 is 0 Å². The number of nitrogens with zero attached hydrogens (tertiary/aromatic N) is 6. The van der Waals surface area contributed by atoms with Crippen LogP contribution in [0, 0.1) is 0 Å². The quantitative estimate of drug-likeness (QED) is 0.0336. The van der Waals surface area contributed by atoms with Gasteiger partial charge in [0.2, 0.25) is 0 Å². The Balaban J connectivity index is 0.00000988. The molecule has 19 rings (SSSR count). The zero-order chi connectivity index (χ0) is 80.8. The largest absolute Gasteiger partial charge is 2.00 e. The molecule has 5 heterocycles. The first-order chi connectivity index (χ1) is 58.7. The number of hydrogen-bond acceptors (Lipinski definition) is 6. The summed E-state index contributed by atoms with van der Waals surface area (Å²) in [5.41, 5.74) is 35.1. The van der Waals surface area contributed by atoms with Gasteiger partial charge in [-0.25, -0.2) is 9.97 Å². The van der Waals surface area contributed by atoms with E-state index in [1.54, 1.807) is 0 Å². The van der Waals surface area contributed by atoms with Gasteiger partial charge in [-0.05, 0) is 240 Å². The van der Waals surface area contributed by atoms with Gasteiger partial charge in [0.15, 0.2) is 0 Å². The maximum atomic E-state index is 6.79. The van der Waals surface area contributed by atoms with Gasteiger partial charge in [0.1, 0.15) is 12.4 Å². The summed E-state index contributed by atoms with van der Waals surface area (Å²) in [5.74, 6) is 0.786. The number of aryl methyl sites for hydroxylation is 4. The van der Waals surface area contributed by atoms with Crippen molar-refractivity contribution in [3.8, 4) is 39.1 Å². The Morgan fingerprint density at radius 3 is 1.22 bits per heavy atom. The molecule has 0 atom stereocenters. The van der Waals surface area contributed by atoms with Crippen molar-refractivity contribution in [1.82, 2.24) is 19.9 Å². The van der Waals surface area contributed by atoms with Gasteiger partial charge in [-0.2, -0.15) is 0 Å². The van der Waals surface area contributed by atoms with Crippen LogP contribution in [0.3, 0.4) is 0 Å². The molecule has 9 heteroatoms. The summed E-state index contributed by atoms with van der Waals surface area (Å²) in [4.78, 5) is 27.2. The van der Waals surface area contributed by atoms with Gasteiger partial charge in [-0.1, -0.05) is 308 Å². The Morgan fingerprint density at radius 2 is 0.692 bits per heavy atom. The number of para-hydroxylation sites is 2. The Labute approximate surface area is 717 Å². The summed E-state index contributed by atoms with van der Waals surface area (Å²) < 4.78 is 13.3. The molecule has 0 spiro atoms. The van der Waals surface area contributed by atoms with Crippen molar-refractivity contribution >= 4 is 132 Å². The third-order valence-electron chi connectivity index (χ3n) is 24.8. The summed E-state index contributed by atoms with van der Waals surface area (Å²) in [7, 11) is 0. The number of anilines is 6. The number of allylic oxidation sites excluding steroid dienone is 4. The van der Waals surface area contributed by atoms with Crippen LogP contribution in [0.4, 0.5) is 34.1 Å². The number of fused-ring (bicyclic) bond motifs is 10. The van der Waals surface area contributed by atoms with E-state index < -0.39 is 0 Å². The van der Waals surface area contributed by atoms with E-state index in [1.807, 2.05) is 0 Å². The van der Waals surface area contributed by atoms with E-state index in [2.05, 4.69) is 369 Å². The van der Waals surface area contributed by atoms with Crippen LogP contribution in [-0.2, 0) is 70.7 Å². The van der Waals surface area contributed by atoms with Crippen molar-refractivity contribution in [1.29, 1.82) is 0 Å². The summed E-state index contributed by atoms with van der Waals surface area (Å²) in [6, 6.07) is 111. The van der Waals surface area contributed by atoms with Crippen LogP contribution < -0.4 is 24.5 Å². The molecule has 0 aliphatic carbocycles. The Morgan fingerprint density at radius 1 is 0.292 bits per heavy atom. The van der Waals surface area contributed by atoms with Crippen LogP contribution >= 0.6 is 0 Å². The van der Waals surface area contributed by atoms with Crippen LogP contribution in [0.25, 0.3) is 132 Å². The second-order valence-corrected chi connectivity index (χ2v) is 31.4. The van der Waals surface area contributed by atoms with Gasteiger partial charge >= 0.3 is 20.4 Å². The molecule has 120 heavy (non-hydrogen) atoms. The fourth-order valence-corrected chi connectivity index (χ4v) is 19.2. The van der Waals surface area contributed by atoms with E-state index in [-0.39, 0.29) is 20.4 Å². The standard InChI is InChI=1S/C111H96N6O2.Pd/c1-9-83-85(11-3)99-65-101-87(13-5)89(15-7)110(114-101)109(111-90(16-8)88(14-6)102(115-111)66-100-86(12-4)84(10-2)98(113-100)64-97(83)112-99)76-51-59-82(60-52-76)119-69-72-47-57-81(58-48-72)117(79-36-24-19-25-37-79)104-63-77-54-62-103(96-61-53-74-33-30-42-95(104)107(74)108(77)96)116(78-34-22-18-23-35-78)80-55-45-71(46-56-80)68-118-67-70-43-49-75(50-44-70)106-93-40-28-26-38-91(93)105(73-31-20-17-21-32-73)92-39-27-29-41-94(92)106;/h17-66H,9-16,67-69H2,1-8H3;/q-2;+2. The number of ether oxygens (including phenoxy) is 2. The molecule has 0 radical (unpaired) electrons. The van der Waals surface area contributed by atoms with Crippen molar-refractivity contribution < 1.29 is 29.9 Å². The first-order valence-corrected chi connectivity index (χ1v) is 42.8. The molecular weight excluding hydrogens is 1560 g/mol. The van der Waals surface area contributed by atoms with Crippen molar-refractivity contribution in [3.63, 3.8) is 0 Å². The van der Waals surface area contributed by atoms with E-state index in [9.17, 15) is 0 Å². The predicted octanol–water partition coefficient (Wildman–Crippen LogP) is 29.7. The third kappa shape index (κ3) is 14.2. The Hall–Kier alpha value is -12.7. The van der Waals surface area contributed by atoms with Crippen LogP contribution in [0.5, 0.6) is 5.75 Å². The molecule has 0 N–H and O–H groups in total. The van der Waals surface area contributed by atoms with E-state index in [1.165, 1.54) is 115 Å². The number of hydrogen-bond donors (Lipinski definition) is 0. The second kappa shape index (κ2) is 33.9. The van der Waals surface area contributed by atoms with Gasteiger partial charge in [0, 0.05) is 33.5 Å². The maximum absolute atomic E-state index is 6.79. The minimum atomic E-state index is 0. The van der Waals surface area contributed by atoms with E-state index in [0.29, 0.717) is 19.8 Å². The van der Waals surface area contributed by atoms with Gasteiger partial charge in [-0.3, -0.25) is 0 Å². The van der Waals surface area contributed by atoms with Crippen molar-refractivity contribution in [2.45, 2.75) is 127 Å². The molecule has 17 aromatic rings. The molecular formula is C111H96N6O2Pd. The monoisotopic (exact) mass is 1650 g/mol. The molecule has 14 aromatic carbocycles. The maximum Gasteiger partial charge on any atom is 2.00 e. The van der Waals surface area contributed by atoms with Gasteiger partial charge in [0.05, 0.1) is 47.4 Å². The number of benzene rings is 14. The number of rotatable bonds is 24. The molecule has 3 aromatic heterocycles. The second-order valence-electron chi connectivity index (χ2n) is 31.4. The zero-order valence-corrected chi connectivity index (χ0v) is 71.0. The molecule has 2 aliphatic rings. The average molecular weight is 1650 g/mol. The molecule has 0 unspecified atom stereocenters. The smallest absolute Gasteiger partial charge is 0.657 e. The molecule has 0 amide bonds. The van der Waals surface area contributed by atoms with Gasteiger partial charge < -0.3 is 29.2 Å². The molecule has 0 saturated carbocycles. The minimum Gasteiger partial charge on any atom is -0.657 e. The average Bonchev–Trinajstić information content (AvgIpc) is 1.37. The summed E-state index contributed by atoms with van der Waals surface area (Å²) in [6.07, 6.45) is 6.89.